The van der Waals surface area contributed by atoms with Crippen molar-refractivity contribution in [2.24, 2.45) is 0 Å². The Morgan fingerprint density at radius 1 is 0.923 bits per heavy atom. The number of hydrogen-bond donors (Lipinski definition) is 0. The lowest BCUT2D eigenvalue weighted by Crippen LogP contribution is -2.48. The summed E-state index contributed by atoms with van der Waals surface area (Å²) in [4.78, 5) is 2.03. The van der Waals surface area contributed by atoms with Gasteiger partial charge in [-0.15, -0.1) is 10.2 Å². The number of piperazine rings is 1. The monoisotopic (exact) mass is 378 g/mol. The molecule has 0 saturated carbocycles. The maximum absolute atomic E-state index is 11.6. The van der Waals surface area contributed by atoms with Gasteiger partial charge in [0.05, 0.1) is 26.2 Å². The van der Waals surface area contributed by atoms with Gasteiger partial charge < -0.3 is 14.4 Å². The first kappa shape index (κ1) is 18.4. The van der Waals surface area contributed by atoms with Crippen molar-refractivity contribution in [3.05, 3.63) is 30.3 Å². The fourth-order valence-corrected chi connectivity index (χ4v) is 3.72. The van der Waals surface area contributed by atoms with Crippen molar-refractivity contribution in [3.8, 4) is 22.8 Å². The third-order valence-electron chi connectivity index (χ3n) is 4.36. The number of sulfonamides is 1. The largest absolute Gasteiger partial charge is 0.493 e. The van der Waals surface area contributed by atoms with Crippen molar-refractivity contribution >= 4 is 15.8 Å². The van der Waals surface area contributed by atoms with E-state index in [1.165, 1.54) is 10.6 Å². The van der Waals surface area contributed by atoms with Crippen molar-refractivity contribution in [2.75, 3.05) is 51.6 Å². The molecule has 2 aromatic rings. The quantitative estimate of drug-likeness (QED) is 0.774. The third-order valence-corrected chi connectivity index (χ3v) is 5.66. The van der Waals surface area contributed by atoms with Crippen LogP contribution < -0.4 is 14.4 Å². The van der Waals surface area contributed by atoms with Crippen LogP contribution in [0.25, 0.3) is 11.3 Å². The predicted octanol–water partition coefficient (Wildman–Crippen LogP) is 1.24. The van der Waals surface area contributed by atoms with Gasteiger partial charge in [-0.1, -0.05) is 0 Å². The van der Waals surface area contributed by atoms with Crippen LogP contribution >= 0.6 is 0 Å². The molecule has 26 heavy (non-hydrogen) atoms. The summed E-state index contributed by atoms with van der Waals surface area (Å²) < 4.78 is 35.2. The molecule has 0 unspecified atom stereocenters. The molecule has 0 radical (unpaired) electrons. The zero-order valence-electron chi connectivity index (χ0n) is 15.0. The Morgan fingerprint density at radius 2 is 1.62 bits per heavy atom. The fraction of sp³-hybridized carbons (Fsp3) is 0.412. The molecule has 1 aliphatic heterocycles. The molecule has 0 N–H and O–H groups in total. The molecule has 8 nitrogen and oxygen atoms in total. The highest BCUT2D eigenvalue weighted by atomic mass is 32.2. The van der Waals surface area contributed by atoms with Gasteiger partial charge in [-0.3, -0.25) is 0 Å². The second kappa shape index (κ2) is 7.46. The van der Waals surface area contributed by atoms with Crippen LogP contribution in [-0.4, -0.2) is 69.6 Å². The molecule has 1 aromatic carbocycles. The van der Waals surface area contributed by atoms with E-state index in [0.29, 0.717) is 37.7 Å². The van der Waals surface area contributed by atoms with Crippen LogP contribution in [0.3, 0.4) is 0 Å². The van der Waals surface area contributed by atoms with E-state index in [2.05, 4.69) is 10.2 Å². The van der Waals surface area contributed by atoms with Crippen LogP contribution in [-0.2, 0) is 10.0 Å². The van der Waals surface area contributed by atoms with Crippen LogP contribution in [0.1, 0.15) is 0 Å². The van der Waals surface area contributed by atoms with Crippen molar-refractivity contribution < 1.29 is 17.9 Å². The van der Waals surface area contributed by atoms with Crippen molar-refractivity contribution in [1.82, 2.24) is 14.5 Å². The first-order chi connectivity index (χ1) is 12.4. The van der Waals surface area contributed by atoms with Gasteiger partial charge >= 0.3 is 0 Å². The van der Waals surface area contributed by atoms with E-state index in [9.17, 15) is 8.42 Å². The number of ether oxygens (including phenoxy) is 2. The number of methoxy groups -OCH3 is 2. The highest BCUT2D eigenvalue weighted by Crippen LogP contribution is 2.31. The summed E-state index contributed by atoms with van der Waals surface area (Å²) in [5.41, 5.74) is 1.60. The van der Waals surface area contributed by atoms with E-state index in [4.69, 9.17) is 9.47 Å². The summed E-state index contributed by atoms with van der Waals surface area (Å²) in [6, 6.07) is 9.37. The molecular weight excluding hydrogens is 356 g/mol. The summed E-state index contributed by atoms with van der Waals surface area (Å²) in [6.07, 6.45) is 1.24. The van der Waals surface area contributed by atoms with E-state index in [-0.39, 0.29) is 0 Å². The lowest BCUT2D eigenvalue weighted by molar-refractivity contribution is 0.355. The Bertz CT molecular complexity index is 863. The topological polar surface area (TPSA) is 84.9 Å². The minimum Gasteiger partial charge on any atom is -0.493 e. The first-order valence-electron chi connectivity index (χ1n) is 8.18. The number of aromatic nitrogens is 2. The molecule has 1 aliphatic rings. The molecule has 0 bridgehead atoms. The average Bonchev–Trinajstić information content (AvgIpc) is 2.67. The molecule has 0 spiro atoms. The van der Waals surface area contributed by atoms with Crippen LogP contribution in [0, 0.1) is 0 Å². The predicted molar refractivity (Wildman–Crippen MR) is 99.2 cm³/mol. The Morgan fingerprint density at radius 3 is 2.15 bits per heavy atom. The van der Waals surface area contributed by atoms with Crippen molar-refractivity contribution in [1.29, 1.82) is 0 Å². The Balaban J connectivity index is 1.73. The standard InChI is InChI=1S/C17H22N4O4S/c1-24-15-6-4-13(12-16(15)25-2)14-5-7-17(19-18-14)20-8-10-21(11-9-20)26(3,22)23/h4-7,12H,8-11H2,1-3H3. The van der Waals surface area contributed by atoms with E-state index in [1.54, 1.807) is 14.2 Å². The number of benzene rings is 1. The first-order valence-corrected chi connectivity index (χ1v) is 10.0. The summed E-state index contributed by atoms with van der Waals surface area (Å²) in [6.45, 7) is 2.10. The lowest BCUT2D eigenvalue weighted by Gasteiger charge is -2.33. The van der Waals surface area contributed by atoms with Crippen LogP contribution in [0.5, 0.6) is 11.5 Å². The fourth-order valence-electron chi connectivity index (χ4n) is 2.89. The van der Waals surface area contributed by atoms with Crippen molar-refractivity contribution in [2.45, 2.75) is 0 Å². The SMILES string of the molecule is COc1ccc(-c2ccc(N3CCN(S(C)(=O)=O)CC3)nn2)cc1OC. The zero-order valence-corrected chi connectivity index (χ0v) is 15.9. The van der Waals surface area contributed by atoms with Gasteiger partial charge in [-0.2, -0.15) is 4.31 Å². The van der Waals surface area contributed by atoms with Crippen molar-refractivity contribution in [3.63, 3.8) is 0 Å². The van der Waals surface area contributed by atoms with Crippen LogP contribution in [0.15, 0.2) is 30.3 Å². The lowest BCUT2D eigenvalue weighted by atomic mass is 10.1. The molecule has 1 saturated heterocycles. The molecule has 1 aromatic heterocycles. The zero-order chi connectivity index (χ0) is 18.7. The third kappa shape index (κ3) is 3.88. The number of anilines is 1. The minimum atomic E-state index is -3.14. The smallest absolute Gasteiger partial charge is 0.211 e. The van der Waals surface area contributed by atoms with Crippen LogP contribution in [0.2, 0.25) is 0 Å². The van der Waals surface area contributed by atoms with Gasteiger partial charge in [0.15, 0.2) is 17.3 Å². The maximum Gasteiger partial charge on any atom is 0.211 e. The van der Waals surface area contributed by atoms with Gasteiger partial charge in [0.1, 0.15) is 0 Å². The molecular formula is C17H22N4O4S. The van der Waals surface area contributed by atoms with Gasteiger partial charge in [-0.05, 0) is 30.3 Å². The minimum absolute atomic E-state index is 0.456. The number of nitrogens with zero attached hydrogens (tertiary/aromatic N) is 4. The van der Waals surface area contributed by atoms with E-state index >= 15 is 0 Å². The Labute approximate surface area is 153 Å². The Hall–Kier alpha value is -2.39. The molecule has 0 atom stereocenters. The Kier molecular flexibility index (Phi) is 5.28. The van der Waals surface area contributed by atoms with Gasteiger partial charge in [0.25, 0.3) is 0 Å². The molecule has 0 aliphatic carbocycles. The van der Waals surface area contributed by atoms with Gasteiger partial charge in [-0.25, -0.2) is 8.42 Å². The number of hydrogen-bond acceptors (Lipinski definition) is 7. The molecule has 1 fully saturated rings. The van der Waals surface area contributed by atoms with Gasteiger partial charge in [0.2, 0.25) is 10.0 Å². The maximum atomic E-state index is 11.6. The van der Waals surface area contributed by atoms with E-state index in [1.807, 2.05) is 35.2 Å². The molecule has 9 heteroatoms. The molecule has 3 rings (SSSR count). The summed E-state index contributed by atoms with van der Waals surface area (Å²) >= 11 is 0. The highest BCUT2D eigenvalue weighted by molar-refractivity contribution is 7.88. The second-order valence-corrected chi connectivity index (χ2v) is 7.98. The van der Waals surface area contributed by atoms with Crippen LogP contribution in [0.4, 0.5) is 5.82 Å². The highest BCUT2D eigenvalue weighted by Gasteiger charge is 2.24. The second-order valence-electron chi connectivity index (χ2n) is 6.00. The summed E-state index contributed by atoms with van der Waals surface area (Å²) in [5.74, 6) is 2.03. The van der Waals surface area contributed by atoms with E-state index in [0.717, 1.165) is 17.1 Å². The van der Waals surface area contributed by atoms with E-state index < -0.39 is 10.0 Å². The normalized spacial score (nSPS) is 15.7. The average molecular weight is 378 g/mol. The molecule has 0 amide bonds. The number of rotatable bonds is 5. The van der Waals surface area contributed by atoms with Gasteiger partial charge in [0, 0.05) is 31.7 Å². The summed E-state index contributed by atoms with van der Waals surface area (Å²) in [7, 11) is 0.0446. The molecule has 2 heterocycles. The molecule has 140 valence electrons. The summed E-state index contributed by atoms with van der Waals surface area (Å²) in [5, 5.41) is 8.60.